The number of imide groups is 1. The molecule has 0 spiro atoms. The average molecular weight is 386 g/mol. The Kier molecular flexibility index (Phi) is 5.63. The zero-order valence-electron chi connectivity index (χ0n) is 17.5. The summed E-state index contributed by atoms with van der Waals surface area (Å²) in [5.41, 5.74) is 4.35. The van der Waals surface area contributed by atoms with Gasteiger partial charge in [0.05, 0.1) is 0 Å². The Hall–Kier alpha value is -2.57. The van der Waals surface area contributed by atoms with Crippen LogP contribution in [0.15, 0.2) is 17.1 Å². The highest BCUT2D eigenvalue weighted by atomic mass is 16.2. The SMILES string of the molecule is CN=C(NCc1c(C)cc(C)cc1C)N1CCC(C2(C)NC(=O)NC2=O)CC1. The van der Waals surface area contributed by atoms with Crippen molar-refractivity contribution in [1.82, 2.24) is 20.9 Å². The summed E-state index contributed by atoms with van der Waals surface area (Å²) < 4.78 is 0. The van der Waals surface area contributed by atoms with Crippen LogP contribution in [0.2, 0.25) is 0 Å². The third-order valence-corrected chi connectivity index (χ3v) is 6.16. The number of urea groups is 1. The molecule has 2 fully saturated rings. The molecule has 0 bridgehead atoms. The van der Waals surface area contributed by atoms with Gasteiger partial charge >= 0.3 is 6.03 Å². The number of carbonyl (C=O) groups is 2. The van der Waals surface area contributed by atoms with E-state index in [-0.39, 0.29) is 11.8 Å². The molecule has 3 amide bonds. The summed E-state index contributed by atoms with van der Waals surface area (Å²) in [6.07, 6.45) is 1.65. The van der Waals surface area contributed by atoms with E-state index in [1.165, 1.54) is 22.3 Å². The fourth-order valence-electron chi connectivity index (χ4n) is 4.50. The molecule has 2 aliphatic rings. The first-order valence-electron chi connectivity index (χ1n) is 9.90. The molecule has 2 heterocycles. The summed E-state index contributed by atoms with van der Waals surface area (Å²) >= 11 is 0. The van der Waals surface area contributed by atoms with Gasteiger partial charge in [-0.3, -0.25) is 15.1 Å². The summed E-state index contributed by atoms with van der Waals surface area (Å²) in [6, 6.07) is 4.02. The van der Waals surface area contributed by atoms with Gasteiger partial charge < -0.3 is 15.5 Å². The molecule has 1 aromatic rings. The van der Waals surface area contributed by atoms with Gasteiger partial charge in [0.15, 0.2) is 5.96 Å². The molecule has 1 aromatic carbocycles. The first-order valence-corrected chi connectivity index (χ1v) is 9.90. The fraction of sp³-hybridized carbons (Fsp3) is 0.571. The zero-order valence-corrected chi connectivity index (χ0v) is 17.5. The van der Waals surface area contributed by atoms with Gasteiger partial charge in [-0.2, -0.15) is 0 Å². The van der Waals surface area contributed by atoms with Crippen LogP contribution in [0, 0.1) is 26.7 Å². The minimum atomic E-state index is -0.809. The number of piperidine rings is 1. The molecule has 0 saturated carbocycles. The van der Waals surface area contributed by atoms with E-state index in [4.69, 9.17) is 0 Å². The molecule has 0 aromatic heterocycles. The van der Waals surface area contributed by atoms with E-state index in [1.54, 1.807) is 7.05 Å². The first-order chi connectivity index (χ1) is 13.2. The molecule has 28 heavy (non-hydrogen) atoms. The summed E-state index contributed by atoms with van der Waals surface area (Å²) in [6.45, 7) is 10.6. The van der Waals surface area contributed by atoms with Crippen LogP contribution in [-0.4, -0.2) is 48.5 Å². The largest absolute Gasteiger partial charge is 0.352 e. The van der Waals surface area contributed by atoms with Crippen LogP contribution in [-0.2, 0) is 11.3 Å². The molecule has 3 rings (SSSR count). The quantitative estimate of drug-likeness (QED) is 0.422. The van der Waals surface area contributed by atoms with Gasteiger partial charge in [0.2, 0.25) is 0 Å². The van der Waals surface area contributed by atoms with Crippen molar-refractivity contribution in [2.45, 2.75) is 52.6 Å². The standard InChI is InChI=1S/C21H31N5O2/c1-13-10-14(2)17(15(3)11-13)12-23-19(22-5)26-8-6-16(7-9-26)21(4)18(27)24-20(28)25-21/h10-11,16H,6-9,12H2,1-5H3,(H,22,23)(H2,24,25,27,28). The van der Waals surface area contributed by atoms with Crippen molar-refractivity contribution in [3.05, 3.63) is 34.4 Å². The van der Waals surface area contributed by atoms with Crippen molar-refractivity contribution in [1.29, 1.82) is 0 Å². The van der Waals surface area contributed by atoms with Crippen molar-refractivity contribution in [3.8, 4) is 0 Å². The van der Waals surface area contributed by atoms with Crippen molar-refractivity contribution in [2.75, 3.05) is 20.1 Å². The molecule has 0 radical (unpaired) electrons. The Balaban J connectivity index is 1.60. The van der Waals surface area contributed by atoms with Crippen molar-refractivity contribution in [2.24, 2.45) is 10.9 Å². The number of hydrogen-bond acceptors (Lipinski definition) is 3. The van der Waals surface area contributed by atoms with E-state index in [2.05, 4.69) is 58.7 Å². The van der Waals surface area contributed by atoms with E-state index in [9.17, 15) is 9.59 Å². The highest BCUT2D eigenvalue weighted by molar-refractivity contribution is 6.07. The molecule has 1 unspecified atom stereocenters. The second kappa shape index (κ2) is 7.81. The predicted molar refractivity (Wildman–Crippen MR) is 110 cm³/mol. The number of nitrogens with zero attached hydrogens (tertiary/aromatic N) is 2. The molecule has 2 saturated heterocycles. The highest BCUT2D eigenvalue weighted by Gasteiger charge is 2.48. The number of hydrogen-bond donors (Lipinski definition) is 3. The maximum Gasteiger partial charge on any atom is 0.322 e. The highest BCUT2D eigenvalue weighted by Crippen LogP contribution is 2.30. The molecule has 3 N–H and O–H groups in total. The molecular formula is C21H31N5O2. The van der Waals surface area contributed by atoms with Crippen LogP contribution < -0.4 is 16.0 Å². The van der Waals surface area contributed by atoms with E-state index < -0.39 is 11.6 Å². The molecule has 7 nitrogen and oxygen atoms in total. The van der Waals surface area contributed by atoms with E-state index in [0.717, 1.165) is 38.4 Å². The molecule has 7 heteroatoms. The Morgan fingerprint density at radius 1 is 1.21 bits per heavy atom. The number of carbonyl (C=O) groups excluding carboxylic acids is 2. The van der Waals surface area contributed by atoms with Crippen LogP contribution in [0.5, 0.6) is 0 Å². The Morgan fingerprint density at radius 3 is 2.32 bits per heavy atom. The van der Waals surface area contributed by atoms with Crippen LogP contribution in [0.1, 0.15) is 42.0 Å². The second-order valence-electron chi connectivity index (χ2n) is 8.15. The van der Waals surface area contributed by atoms with E-state index in [0.29, 0.717) is 0 Å². The molecular weight excluding hydrogens is 354 g/mol. The molecule has 152 valence electrons. The second-order valence-corrected chi connectivity index (χ2v) is 8.15. The number of rotatable bonds is 3. The minimum Gasteiger partial charge on any atom is -0.352 e. The zero-order chi connectivity index (χ0) is 20.5. The van der Waals surface area contributed by atoms with Gasteiger partial charge in [0, 0.05) is 26.7 Å². The summed E-state index contributed by atoms with van der Waals surface area (Å²) in [5, 5.41) is 8.66. The number of guanidine groups is 1. The van der Waals surface area contributed by atoms with Gasteiger partial charge in [-0.25, -0.2) is 4.79 Å². The normalized spacial score (nSPS) is 23.6. The number of benzene rings is 1. The van der Waals surface area contributed by atoms with E-state index >= 15 is 0 Å². The topological polar surface area (TPSA) is 85.8 Å². The van der Waals surface area contributed by atoms with Gasteiger partial charge in [0.1, 0.15) is 5.54 Å². The maximum atomic E-state index is 12.2. The fourth-order valence-corrected chi connectivity index (χ4v) is 4.50. The van der Waals surface area contributed by atoms with Crippen LogP contribution in [0.25, 0.3) is 0 Å². The lowest BCUT2D eigenvalue weighted by molar-refractivity contribution is -0.125. The smallest absolute Gasteiger partial charge is 0.322 e. The Labute approximate surface area is 167 Å². The summed E-state index contributed by atoms with van der Waals surface area (Å²) in [7, 11) is 1.80. The molecule has 2 aliphatic heterocycles. The lowest BCUT2D eigenvalue weighted by Gasteiger charge is -2.39. The average Bonchev–Trinajstić information content (AvgIpc) is 2.90. The van der Waals surface area contributed by atoms with Crippen LogP contribution in [0.3, 0.4) is 0 Å². The third-order valence-electron chi connectivity index (χ3n) is 6.16. The van der Waals surface area contributed by atoms with Crippen LogP contribution >= 0.6 is 0 Å². The molecule has 1 atom stereocenters. The van der Waals surface area contributed by atoms with Crippen LogP contribution in [0.4, 0.5) is 4.79 Å². The number of aryl methyl sites for hydroxylation is 3. The van der Waals surface area contributed by atoms with Gasteiger partial charge in [0.25, 0.3) is 5.91 Å². The number of nitrogens with one attached hydrogen (secondary N) is 3. The lowest BCUT2D eigenvalue weighted by atomic mass is 9.79. The van der Waals surface area contributed by atoms with Gasteiger partial charge in [-0.15, -0.1) is 0 Å². The number of aliphatic imine (C=N–C) groups is 1. The molecule has 0 aliphatic carbocycles. The minimum absolute atomic E-state index is 0.120. The number of likely N-dealkylation sites (tertiary alicyclic amines) is 1. The van der Waals surface area contributed by atoms with Crippen molar-refractivity contribution < 1.29 is 9.59 Å². The maximum absolute atomic E-state index is 12.2. The third kappa shape index (κ3) is 3.84. The Morgan fingerprint density at radius 2 is 1.82 bits per heavy atom. The number of amides is 3. The van der Waals surface area contributed by atoms with E-state index in [1.807, 2.05) is 6.92 Å². The Bertz CT molecular complexity index is 788. The summed E-state index contributed by atoms with van der Waals surface area (Å²) in [5.74, 6) is 0.779. The lowest BCUT2D eigenvalue weighted by Crippen LogP contribution is -2.55. The van der Waals surface area contributed by atoms with Crippen molar-refractivity contribution in [3.63, 3.8) is 0 Å². The monoisotopic (exact) mass is 385 g/mol. The van der Waals surface area contributed by atoms with Gasteiger partial charge in [-0.05, 0) is 63.1 Å². The van der Waals surface area contributed by atoms with Gasteiger partial charge in [-0.1, -0.05) is 17.7 Å². The van der Waals surface area contributed by atoms with Crippen molar-refractivity contribution >= 4 is 17.9 Å². The summed E-state index contributed by atoms with van der Waals surface area (Å²) in [4.78, 5) is 30.4. The first kappa shape index (κ1) is 20.2. The predicted octanol–water partition coefficient (Wildman–Crippen LogP) is 2.00.